The fraction of sp³-hybridized carbons (Fsp3) is 0.240. The van der Waals surface area contributed by atoms with Crippen molar-refractivity contribution < 1.29 is 0 Å². The Labute approximate surface area is 182 Å². The molecule has 4 aromatic rings. The van der Waals surface area contributed by atoms with Crippen LogP contribution in [-0.4, -0.2) is 57.8 Å². The van der Waals surface area contributed by atoms with Crippen LogP contribution in [0, 0.1) is 0 Å². The first-order valence-electron chi connectivity index (χ1n) is 10.8. The van der Waals surface area contributed by atoms with Gasteiger partial charge in [0.25, 0.3) is 0 Å². The molecule has 0 bridgehead atoms. The smallest absolute Gasteiger partial charge is 0.0912 e. The number of nitrogens with one attached hydrogen (secondary N) is 1. The molecule has 0 spiro atoms. The lowest BCUT2D eigenvalue weighted by Gasteiger charge is -2.35. The van der Waals surface area contributed by atoms with Crippen molar-refractivity contribution >= 4 is 5.69 Å². The third kappa shape index (κ3) is 4.07. The monoisotopic (exact) mass is 410 g/mol. The highest BCUT2D eigenvalue weighted by atomic mass is 15.3. The predicted octanol–water partition coefficient (Wildman–Crippen LogP) is 4.34. The number of hydrogen-bond donors (Lipinski definition) is 1. The number of benzene rings is 1. The fourth-order valence-electron chi connectivity index (χ4n) is 4.13. The van der Waals surface area contributed by atoms with Crippen molar-refractivity contribution in [3.8, 4) is 33.8 Å². The maximum atomic E-state index is 4.62. The molecule has 5 rings (SSSR count). The average Bonchev–Trinajstić information content (AvgIpc) is 3.35. The van der Waals surface area contributed by atoms with Gasteiger partial charge in [-0.25, -0.2) is 0 Å². The first kappa shape index (κ1) is 19.5. The lowest BCUT2D eigenvalue weighted by molar-refractivity contribution is 0.271. The Morgan fingerprint density at radius 3 is 2.39 bits per heavy atom. The van der Waals surface area contributed by atoms with Crippen molar-refractivity contribution in [2.45, 2.75) is 6.92 Å². The molecular weight excluding hydrogens is 384 g/mol. The van der Waals surface area contributed by atoms with Gasteiger partial charge >= 0.3 is 0 Å². The number of piperazine rings is 1. The summed E-state index contributed by atoms with van der Waals surface area (Å²) in [5.41, 5.74) is 7.23. The Balaban J connectivity index is 1.39. The van der Waals surface area contributed by atoms with Crippen LogP contribution >= 0.6 is 0 Å². The Morgan fingerprint density at radius 1 is 0.839 bits per heavy atom. The minimum atomic E-state index is 0.876. The van der Waals surface area contributed by atoms with Crippen molar-refractivity contribution in [2.24, 2.45) is 0 Å². The number of rotatable bonds is 5. The van der Waals surface area contributed by atoms with E-state index in [0.29, 0.717) is 0 Å². The molecule has 0 atom stereocenters. The van der Waals surface area contributed by atoms with E-state index < -0.39 is 0 Å². The summed E-state index contributed by atoms with van der Waals surface area (Å²) in [6, 6.07) is 18.8. The van der Waals surface area contributed by atoms with E-state index >= 15 is 0 Å². The van der Waals surface area contributed by atoms with Crippen molar-refractivity contribution in [3.05, 3.63) is 73.2 Å². The zero-order valence-electron chi connectivity index (χ0n) is 17.7. The molecular formula is C25H26N6. The summed E-state index contributed by atoms with van der Waals surface area (Å²) in [6.07, 6.45) is 5.50. The van der Waals surface area contributed by atoms with Gasteiger partial charge < -0.3 is 9.80 Å². The van der Waals surface area contributed by atoms with Gasteiger partial charge in [-0.1, -0.05) is 25.1 Å². The summed E-state index contributed by atoms with van der Waals surface area (Å²) in [5, 5.41) is 7.35. The van der Waals surface area contributed by atoms with Gasteiger partial charge in [0.15, 0.2) is 0 Å². The SMILES string of the molecule is CCN1CCN(c2ccc(-c3cc(-c4cn[nH]c4-c4ccccn4)ccn3)cc2)CC1. The van der Waals surface area contributed by atoms with Crippen LogP contribution in [0.5, 0.6) is 0 Å². The van der Waals surface area contributed by atoms with Crippen LogP contribution in [0.15, 0.2) is 73.2 Å². The third-order valence-electron chi connectivity index (χ3n) is 5.98. The molecule has 1 aliphatic rings. The molecule has 0 radical (unpaired) electrons. The molecule has 1 aromatic carbocycles. The Hall–Kier alpha value is -3.51. The first-order valence-corrected chi connectivity index (χ1v) is 10.8. The normalized spacial score (nSPS) is 14.7. The summed E-state index contributed by atoms with van der Waals surface area (Å²) >= 11 is 0. The van der Waals surface area contributed by atoms with Crippen LogP contribution in [0.2, 0.25) is 0 Å². The maximum Gasteiger partial charge on any atom is 0.0912 e. The summed E-state index contributed by atoms with van der Waals surface area (Å²) < 4.78 is 0. The molecule has 0 unspecified atom stereocenters. The molecule has 1 aliphatic heterocycles. The first-order chi connectivity index (χ1) is 15.3. The molecule has 1 N–H and O–H groups in total. The van der Waals surface area contributed by atoms with Crippen LogP contribution in [0.3, 0.4) is 0 Å². The van der Waals surface area contributed by atoms with E-state index in [9.17, 15) is 0 Å². The molecule has 156 valence electrons. The number of likely N-dealkylation sites (N-methyl/N-ethyl adjacent to an activating group) is 1. The molecule has 6 nitrogen and oxygen atoms in total. The molecule has 1 saturated heterocycles. The average molecular weight is 411 g/mol. The van der Waals surface area contributed by atoms with Crippen LogP contribution in [-0.2, 0) is 0 Å². The van der Waals surface area contributed by atoms with Gasteiger partial charge in [0, 0.05) is 55.4 Å². The second kappa shape index (κ2) is 8.70. The number of aromatic amines is 1. The number of hydrogen-bond acceptors (Lipinski definition) is 5. The zero-order valence-corrected chi connectivity index (χ0v) is 17.7. The second-order valence-corrected chi connectivity index (χ2v) is 7.77. The van der Waals surface area contributed by atoms with Gasteiger partial charge in [-0.15, -0.1) is 0 Å². The Kier molecular flexibility index (Phi) is 5.46. The number of pyridine rings is 2. The highest BCUT2D eigenvalue weighted by Crippen LogP contribution is 2.31. The van der Waals surface area contributed by atoms with Crippen molar-refractivity contribution in [2.75, 3.05) is 37.6 Å². The van der Waals surface area contributed by atoms with E-state index in [-0.39, 0.29) is 0 Å². The largest absolute Gasteiger partial charge is 0.369 e. The van der Waals surface area contributed by atoms with Crippen molar-refractivity contribution in [1.29, 1.82) is 0 Å². The van der Waals surface area contributed by atoms with Crippen molar-refractivity contribution in [1.82, 2.24) is 25.1 Å². The Bertz CT molecular complexity index is 1130. The summed E-state index contributed by atoms with van der Waals surface area (Å²) in [5.74, 6) is 0. The number of H-pyrrole nitrogens is 1. The van der Waals surface area contributed by atoms with E-state index in [2.05, 4.69) is 67.2 Å². The standard InChI is InChI=1S/C25H26N6/c1-2-30-13-15-31(16-14-30)21-8-6-19(7-9-21)24-17-20(10-12-27-24)22-18-28-29-25(22)23-5-3-4-11-26-23/h3-12,17-18H,2,13-16H2,1H3,(H,28,29). The quantitative estimate of drug-likeness (QED) is 0.530. The minimum Gasteiger partial charge on any atom is -0.369 e. The summed E-state index contributed by atoms with van der Waals surface area (Å²) in [4.78, 5) is 14.0. The molecule has 6 heteroatoms. The minimum absolute atomic E-state index is 0.876. The molecule has 0 saturated carbocycles. The molecule has 31 heavy (non-hydrogen) atoms. The maximum absolute atomic E-state index is 4.62. The van der Waals surface area contributed by atoms with Gasteiger partial charge in [-0.3, -0.25) is 15.1 Å². The Morgan fingerprint density at radius 2 is 1.65 bits per heavy atom. The van der Waals surface area contributed by atoms with E-state index in [1.807, 2.05) is 36.7 Å². The van der Waals surface area contributed by atoms with Gasteiger partial charge in [0.05, 0.1) is 23.3 Å². The van der Waals surface area contributed by atoms with E-state index in [0.717, 1.165) is 66.5 Å². The van der Waals surface area contributed by atoms with Crippen LogP contribution in [0.25, 0.3) is 33.8 Å². The van der Waals surface area contributed by atoms with Gasteiger partial charge in [-0.2, -0.15) is 5.10 Å². The second-order valence-electron chi connectivity index (χ2n) is 7.77. The highest BCUT2D eigenvalue weighted by Gasteiger charge is 2.16. The van der Waals surface area contributed by atoms with Crippen LogP contribution < -0.4 is 4.90 Å². The number of aromatic nitrogens is 4. The summed E-state index contributed by atoms with van der Waals surface area (Å²) in [6.45, 7) is 7.79. The van der Waals surface area contributed by atoms with Crippen LogP contribution in [0.1, 0.15) is 6.92 Å². The van der Waals surface area contributed by atoms with Gasteiger partial charge in [0.1, 0.15) is 0 Å². The third-order valence-corrected chi connectivity index (χ3v) is 5.98. The summed E-state index contributed by atoms with van der Waals surface area (Å²) in [7, 11) is 0. The van der Waals surface area contributed by atoms with Crippen LogP contribution in [0.4, 0.5) is 5.69 Å². The number of anilines is 1. The van der Waals surface area contributed by atoms with Gasteiger partial charge in [0.2, 0.25) is 0 Å². The highest BCUT2D eigenvalue weighted by molar-refractivity contribution is 5.80. The zero-order chi connectivity index (χ0) is 21.0. The molecule has 3 aromatic heterocycles. The topological polar surface area (TPSA) is 60.9 Å². The van der Waals surface area contributed by atoms with E-state index in [1.54, 1.807) is 6.20 Å². The van der Waals surface area contributed by atoms with E-state index in [1.165, 1.54) is 5.69 Å². The predicted molar refractivity (Wildman–Crippen MR) is 125 cm³/mol. The fourth-order valence-corrected chi connectivity index (χ4v) is 4.13. The lowest BCUT2D eigenvalue weighted by atomic mass is 10.0. The van der Waals surface area contributed by atoms with E-state index in [4.69, 9.17) is 0 Å². The molecule has 4 heterocycles. The molecule has 0 aliphatic carbocycles. The molecule has 1 fully saturated rings. The van der Waals surface area contributed by atoms with Gasteiger partial charge in [-0.05, 0) is 48.5 Å². The number of nitrogens with zero attached hydrogens (tertiary/aromatic N) is 5. The van der Waals surface area contributed by atoms with Crippen molar-refractivity contribution in [3.63, 3.8) is 0 Å². The molecule has 0 amide bonds. The lowest BCUT2D eigenvalue weighted by Crippen LogP contribution is -2.46.